The van der Waals surface area contributed by atoms with Crippen molar-refractivity contribution in [1.29, 1.82) is 0 Å². The lowest BCUT2D eigenvalue weighted by molar-refractivity contribution is -0.125. The highest BCUT2D eigenvalue weighted by Crippen LogP contribution is 2.24. The largest absolute Gasteiger partial charge is 0.457 e. The van der Waals surface area contributed by atoms with Gasteiger partial charge in [0.25, 0.3) is 0 Å². The molecule has 1 aliphatic carbocycles. The fraction of sp³-hybridized carbons (Fsp3) is 0.316. The molecule has 1 saturated carbocycles. The highest BCUT2D eigenvalue weighted by atomic mass is 16.5. The van der Waals surface area contributed by atoms with Crippen molar-refractivity contribution in [3.05, 3.63) is 60.2 Å². The molecule has 2 aromatic carbocycles. The van der Waals surface area contributed by atoms with Crippen molar-refractivity contribution in [3.63, 3.8) is 0 Å². The molecule has 4 nitrogen and oxygen atoms in total. The lowest BCUT2D eigenvalue weighted by Gasteiger charge is -2.11. The maximum atomic E-state index is 12.1. The summed E-state index contributed by atoms with van der Waals surface area (Å²) in [5.74, 6) is 1.78. The number of nitrogens with one attached hydrogen (secondary N) is 1. The van der Waals surface area contributed by atoms with Gasteiger partial charge in [0.1, 0.15) is 11.5 Å². The monoisotopic (exact) mass is 310 g/mol. The van der Waals surface area contributed by atoms with Gasteiger partial charge in [-0.1, -0.05) is 30.3 Å². The molecule has 0 radical (unpaired) electrons. The zero-order valence-electron chi connectivity index (χ0n) is 13.1. The normalized spacial score (nSPS) is 20.2. The van der Waals surface area contributed by atoms with Crippen LogP contribution in [0.2, 0.25) is 0 Å². The number of para-hydroxylation sites is 1. The molecule has 1 amide bonds. The molecule has 3 rings (SSSR count). The summed E-state index contributed by atoms with van der Waals surface area (Å²) in [6.07, 6.45) is 2.65. The van der Waals surface area contributed by atoms with E-state index in [1.807, 2.05) is 54.6 Å². The van der Waals surface area contributed by atoms with Crippen LogP contribution in [0.1, 0.15) is 24.8 Å². The van der Waals surface area contributed by atoms with Crippen molar-refractivity contribution in [2.24, 2.45) is 11.7 Å². The molecule has 23 heavy (non-hydrogen) atoms. The second-order valence-electron chi connectivity index (χ2n) is 6.05. The molecule has 0 saturated heterocycles. The van der Waals surface area contributed by atoms with E-state index in [2.05, 4.69) is 5.32 Å². The van der Waals surface area contributed by atoms with Gasteiger partial charge in [0.05, 0.1) is 0 Å². The van der Waals surface area contributed by atoms with Crippen LogP contribution in [0.4, 0.5) is 0 Å². The number of ether oxygens (including phenoxy) is 1. The van der Waals surface area contributed by atoms with E-state index >= 15 is 0 Å². The van der Waals surface area contributed by atoms with Gasteiger partial charge < -0.3 is 15.8 Å². The molecule has 3 N–H and O–H groups in total. The minimum Gasteiger partial charge on any atom is -0.457 e. The van der Waals surface area contributed by atoms with Crippen LogP contribution in [0.5, 0.6) is 11.5 Å². The summed E-state index contributed by atoms with van der Waals surface area (Å²) in [7, 11) is 0. The van der Waals surface area contributed by atoms with Crippen molar-refractivity contribution < 1.29 is 9.53 Å². The number of hydrogen-bond donors (Lipinski definition) is 2. The van der Waals surface area contributed by atoms with Gasteiger partial charge in [0.2, 0.25) is 5.91 Å². The van der Waals surface area contributed by atoms with Gasteiger partial charge in [-0.25, -0.2) is 0 Å². The van der Waals surface area contributed by atoms with Gasteiger partial charge in [-0.3, -0.25) is 4.79 Å². The predicted molar refractivity (Wildman–Crippen MR) is 90.1 cm³/mol. The zero-order chi connectivity index (χ0) is 16.1. The van der Waals surface area contributed by atoms with Crippen LogP contribution in [0.15, 0.2) is 54.6 Å². The molecule has 2 atom stereocenters. The first-order chi connectivity index (χ1) is 11.2. The van der Waals surface area contributed by atoms with Crippen LogP contribution in [0.25, 0.3) is 0 Å². The van der Waals surface area contributed by atoms with Gasteiger partial charge in [-0.2, -0.15) is 0 Å². The van der Waals surface area contributed by atoms with E-state index in [0.717, 1.165) is 36.3 Å². The van der Waals surface area contributed by atoms with Crippen molar-refractivity contribution in [1.82, 2.24) is 5.32 Å². The summed E-state index contributed by atoms with van der Waals surface area (Å²) in [6.45, 7) is 0.538. The second kappa shape index (κ2) is 7.29. The first-order valence-corrected chi connectivity index (χ1v) is 8.06. The minimum absolute atomic E-state index is 0.0747. The third kappa shape index (κ3) is 4.33. The Morgan fingerprint density at radius 3 is 2.39 bits per heavy atom. The molecule has 0 heterocycles. The minimum atomic E-state index is 0.0747. The van der Waals surface area contributed by atoms with Crippen LogP contribution in [-0.4, -0.2) is 11.9 Å². The Morgan fingerprint density at radius 1 is 1.04 bits per heavy atom. The predicted octanol–water partition coefficient (Wildman–Crippen LogP) is 3.22. The van der Waals surface area contributed by atoms with Crippen molar-refractivity contribution in [2.45, 2.75) is 31.8 Å². The van der Waals surface area contributed by atoms with Gasteiger partial charge in [-0.05, 0) is 49.1 Å². The molecular formula is C19H22N2O2. The summed E-state index contributed by atoms with van der Waals surface area (Å²) in [5.41, 5.74) is 6.91. The van der Waals surface area contributed by atoms with E-state index in [0.29, 0.717) is 6.54 Å². The van der Waals surface area contributed by atoms with E-state index in [-0.39, 0.29) is 17.9 Å². The first-order valence-electron chi connectivity index (χ1n) is 8.06. The van der Waals surface area contributed by atoms with Gasteiger partial charge >= 0.3 is 0 Å². The number of amides is 1. The molecule has 1 aliphatic rings. The summed E-state index contributed by atoms with van der Waals surface area (Å²) in [6, 6.07) is 17.6. The molecule has 0 bridgehead atoms. The summed E-state index contributed by atoms with van der Waals surface area (Å²) in [5, 5.41) is 3.00. The third-order valence-electron chi connectivity index (χ3n) is 4.21. The van der Waals surface area contributed by atoms with E-state index in [1.54, 1.807) is 0 Å². The van der Waals surface area contributed by atoms with Crippen LogP contribution < -0.4 is 15.8 Å². The molecule has 2 aromatic rings. The van der Waals surface area contributed by atoms with E-state index in [1.165, 1.54) is 0 Å². The molecule has 0 aromatic heterocycles. The number of nitrogens with two attached hydrogens (primary N) is 1. The second-order valence-corrected chi connectivity index (χ2v) is 6.05. The van der Waals surface area contributed by atoms with Crippen LogP contribution in [0.3, 0.4) is 0 Å². The smallest absolute Gasteiger partial charge is 0.223 e. The average molecular weight is 310 g/mol. The Balaban J connectivity index is 1.50. The number of benzene rings is 2. The fourth-order valence-corrected chi connectivity index (χ4v) is 2.89. The van der Waals surface area contributed by atoms with E-state index in [4.69, 9.17) is 10.5 Å². The van der Waals surface area contributed by atoms with Gasteiger partial charge in [-0.15, -0.1) is 0 Å². The molecule has 1 fully saturated rings. The number of hydrogen-bond acceptors (Lipinski definition) is 3. The Morgan fingerprint density at radius 2 is 1.74 bits per heavy atom. The number of carbonyl (C=O) groups excluding carboxylic acids is 1. The van der Waals surface area contributed by atoms with Crippen LogP contribution in [-0.2, 0) is 11.3 Å². The van der Waals surface area contributed by atoms with Crippen LogP contribution in [0, 0.1) is 5.92 Å². The number of carbonyl (C=O) groups is 1. The maximum absolute atomic E-state index is 12.1. The molecule has 2 unspecified atom stereocenters. The third-order valence-corrected chi connectivity index (χ3v) is 4.21. The summed E-state index contributed by atoms with van der Waals surface area (Å²) < 4.78 is 5.75. The maximum Gasteiger partial charge on any atom is 0.223 e. The van der Waals surface area contributed by atoms with Crippen molar-refractivity contribution >= 4 is 5.91 Å². The summed E-state index contributed by atoms with van der Waals surface area (Å²) in [4.78, 5) is 12.1. The van der Waals surface area contributed by atoms with Crippen LogP contribution >= 0.6 is 0 Å². The number of rotatable bonds is 5. The average Bonchev–Trinajstić information content (AvgIpc) is 3.01. The Kier molecular flexibility index (Phi) is 4.93. The van der Waals surface area contributed by atoms with Gasteiger partial charge in [0, 0.05) is 18.5 Å². The van der Waals surface area contributed by atoms with E-state index < -0.39 is 0 Å². The lowest BCUT2D eigenvalue weighted by atomic mass is 10.1. The fourth-order valence-electron chi connectivity index (χ4n) is 2.89. The van der Waals surface area contributed by atoms with Crippen molar-refractivity contribution in [3.8, 4) is 11.5 Å². The quantitative estimate of drug-likeness (QED) is 0.891. The van der Waals surface area contributed by atoms with E-state index in [9.17, 15) is 4.79 Å². The SMILES string of the molecule is NC1CCC(C(=O)NCc2ccc(Oc3ccccc3)cc2)C1. The molecule has 120 valence electrons. The zero-order valence-corrected chi connectivity index (χ0v) is 13.1. The summed E-state index contributed by atoms with van der Waals surface area (Å²) >= 11 is 0. The Bertz CT molecular complexity index is 640. The molecule has 0 aliphatic heterocycles. The van der Waals surface area contributed by atoms with Crippen molar-refractivity contribution in [2.75, 3.05) is 0 Å². The Hall–Kier alpha value is -2.33. The lowest BCUT2D eigenvalue weighted by Crippen LogP contribution is -2.29. The molecular weight excluding hydrogens is 288 g/mol. The highest BCUT2D eigenvalue weighted by Gasteiger charge is 2.27. The first kappa shape index (κ1) is 15.6. The topological polar surface area (TPSA) is 64.4 Å². The Labute approximate surface area is 136 Å². The molecule has 4 heteroatoms. The highest BCUT2D eigenvalue weighted by molar-refractivity contribution is 5.79. The standard InChI is InChI=1S/C19H22N2O2/c20-16-9-8-15(12-16)19(22)21-13-14-6-10-18(11-7-14)23-17-4-2-1-3-5-17/h1-7,10-11,15-16H,8-9,12-13,20H2,(H,21,22). The molecule has 0 spiro atoms. The van der Waals surface area contributed by atoms with Gasteiger partial charge in [0.15, 0.2) is 0 Å².